The minimum absolute atomic E-state index is 0.0427. The monoisotopic (exact) mass is 312 g/mol. The fourth-order valence-electron chi connectivity index (χ4n) is 2.57. The van der Waals surface area contributed by atoms with Crippen LogP contribution in [-0.2, 0) is 15.0 Å². The molecule has 1 aromatic carbocycles. The highest BCUT2D eigenvalue weighted by Gasteiger charge is 2.35. The Morgan fingerprint density at radius 2 is 2.05 bits per heavy atom. The summed E-state index contributed by atoms with van der Waals surface area (Å²) in [6.45, 7) is 2.49. The molecule has 116 valence electrons. The minimum Gasteiger partial charge on any atom is -0.481 e. The summed E-state index contributed by atoms with van der Waals surface area (Å²) < 4.78 is 28.1. The molecule has 1 heterocycles. The average Bonchev–Trinajstić information content (AvgIpc) is 2.49. The lowest BCUT2D eigenvalue weighted by molar-refractivity contribution is -0.142. The number of carbonyl (C=O) groups is 1. The quantitative estimate of drug-likeness (QED) is 0.895. The van der Waals surface area contributed by atoms with E-state index in [1.807, 2.05) is 6.07 Å². The summed E-state index contributed by atoms with van der Waals surface area (Å²) in [7, 11) is -3.69. The molecule has 0 aromatic heterocycles. The molecule has 1 atom stereocenters. The molecule has 2 rings (SSSR count). The molecule has 6 nitrogen and oxygen atoms in total. The van der Waals surface area contributed by atoms with E-state index in [9.17, 15) is 13.2 Å². The van der Waals surface area contributed by atoms with Gasteiger partial charge in [-0.15, -0.1) is 0 Å². The van der Waals surface area contributed by atoms with Crippen LogP contribution in [0.1, 0.15) is 19.8 Å². The van der Waals surface area contributed by atoms with Crippen LogP contribution in [0, 0.1) is 5.92 Å². The number of aliphatic carboxylic acids is 1. The summed E-state index contributed by atoms with van der Waals surface area (Å²) in [4.78, 5) is 11.1. The standard InChI is InChI=1S/C14H20N2O4S/c1-2-16(13-8-4-3-5-9-13)21(19,20)15-10-6-7-12(11-15)14(17)18/h3-5,8-9,12H,2,6-7,10-11H2,1H3,(H,17,18). The Kier molecular flexibility index (Phi) is 4.84. The van der Waals surface area contributed by atoms with Crippen LogP contribution in [0.4, 0.5) is 5.69 Å². The van der Waals surface area contributed by atoms with E-state index < -0.39 is 22.1 Å². The highest BCUT2D eigenvalue weighted by Crippen LogP contribution is 2.25. The molecule has 0 aliphatic carbocycles. The van der Waals surface area contributed by atoms with E-state index in [1.165, 1.54) is 8.61 Å². The number of para-hydroxylation sites is 1. The van der Waals surface area contributed by atoms with Crippen LogP contribution in [0.25, 0.3) is 0 Å². The first-order valence-electron chi connectivity index (χ1n) is 7.02. The van der Waals surface area contributed by atoms with Crippen molar-refractivity contribution in [2.45, 2.75) is 19.8 Å². The van der Waals surface area contributed by atoms with Gasteiger partial charge in [0.1, 0.15) is 0 Å². The van der Waals surface area contributed by atoms with E-state index in [2.05, 4.69) is 0 Å². The van der Waals surface area contributed by atoms with E-state index in [0.717, 1.165) is 0 Å². The zero-order chi connectivity index (χ0) is 15.5. The van der Waals surface area contributed by atoms with Crippen LogP contribution >= 0.6 is 0 Å². The van der Waals surface area contributed by atoms with Crippen molar-refractivity contribution in [1.82, 2.24) is 4.31 Å². The van der Waals surface area contributed by atoms with Gasteiger partial charge in [-0.2, -0.15) is 12.7 Å². The van der Waals surface area contributed by atoms with Crippen molar-refractivity contribution in [3.05, 3.63) is 30.3 Å². The predicted octanol–water partition coefficient (Wildman–Crippen LogP) is 1.55. The van der Waals surface area contributed by atoms with Gasteiger partial charge in [0.2, 0.25) is 0 Å². The lowest BCUT2D eigenvalue weighted by Crippen LogP contribution is -2.49. The molecule has 1 aromatic rings. The number of hydrogen-bond donors (Lipinski definition) is 1. The largest absolute Gasteiger partial charge is 0.481 e. The lowest BCUT2D eigenvalue weighted by atomic mass is 10.0. The fraction of sp³-hybridized carbons (Fsp3) is 0.500. The zero-order valence-electron chi connectivity index (χ0n) is 12.0. The summed E-state index contributed by atoms with van der Waals surface area (Å²) in [5.41, 5.74) is 0.595. The first-order valence-corrected chi connectivity index (χ1v) is 8.42. The molecule has 1 unspecified atom stereocenters. The Balaban J connectivity index is 2.25. The maximum absolute atomic E-state index is 12.7. The number of carboxylic acids is 1. The molecule has 1 saturated heterocycles. The molecule has 0 spiro atoms. The molecule has 1 fully saturated rings. The second-order valence-electron chi connectivity index (χ2n) is 5.04. The Morgan fingerprint density at radius 3 is 2.62 bits per heavy atom. The normalized spacial score (nSPS) is 20.1. The molecule has 0 saturated carbocycles. The summed E-state index contributed by atoms with van der Waals surface area (Å²) in [6.07, 6.45) is 1.10. The van der Waals surface area contributed by atoms with Crippen LogP contribution in [0.3, 0.4) is 0 Å². The third-order valence-corrected chi connectivity index (χ3v) is 5.68. The van der Waals surface area contributed by atoms with E-state index >= 15 is 0 Å². The highest BCUT2D eigenvalue weighted by molar-refractivity contribution is 7.90. The minimum atomic E-state index is -3.69. The second kappa shape index (κ2) is 6.44. The van der Waals surface area contributed by atoms with E-state index in [4.69, 9.17) is 5.11 Å². The smallest absolute Gasteiger partial charge is 0.307 e. The van der Waals surface area contributed by atoms with E-state index in [-0.39, 0.29) is 6.54 Å². The second-order valence-corrected chi connectivity index (χ2v) is 6.90. The molecule has 21 heavy (non-hydrogen) atoms. The topological polar surface area (TPSA) is 77.9 Å². The van der Waals surface area contributed by atoms with Gasteiger partial charge in [0, 0.05) is 19.6 Å². The third-order valence-electron chi connectivity index (χ3n) is 3.67. The van der Waals surface area contributed by atoms with Gasteiger partial charge in [0.25, 0.3) is 0 Å². The number of benzene rings is 1. The van der Waals surface area contributed by atoms with Crippen molar-refractivity contribution in [2.24, 2.45) is 5.92 Å². The number of rotatable bonds is 5. The molecule has 0 bridgehead atoms. The summed E-state index contributed by atoms with van der Waals surface area (Å²) in [5.74, 6) is -1.55. The summed E-state index contributed by atoms with van der Waals surface area (Å²) in [6, 6.07) is 8.86. The number of nitrogens with zero attached hydrogens (tertiary/aromatic N) is 2. The molecular weight excluding hydrogens is 292 g/mol. The molecule has 7 heteroatoms. The average molecular weight is 312 g/mol. The number of anilines is 1. The van der Waals surface area contributed by atoms with Gasteiger partial charge in [-0.25, -0.2) is 0 Å². The first-order chi connectivity index (χ1) is 9.96. The molecule has 0 amide bonds. The molecule has 0 radical (unpaired) electrons. The van der Waals surface area contributed by atoms with Crippen molar-refractivity contribution >= 4 is 21.9 Å². The van der Waals surface area contributed by atoms with E-state index in [0.29, 0.717) is 31.6 Å². The first kappa shape index (κ1) is 15.8. The van der Waals surface area contributed by atoms with Crippen molar-refractivity contribution in [3.8, 4) is 0 Å². The molecule has 1 aliphatic heterocycles. The maximum atomic E-state index is 12.7. The Labute approximate surface area is 125 Å². The van der Waals surface area contributed by atoms with Gasteiger partial charge >= 0.3 is 16.2 Å². The van der Waals surface area contributed by atoms with Gasteiger partial charge in [-0.1, -0.05) is 18.2 Å². The zero-order valence-corrected chi connectivity index (χ0v) is 12.8. The van der Waals surface area contributed by atoms with Crippen molar-refractivity contribution < 1.29 is 18.3 Å². The molecule has 1 N–H and O–H groups in total. The summed E-state index contributed by atoms with van der Waals surface area (Å²) >= 11 is 0. The van der Waals surface area contributed by atoms with Crippen molar-refractivity contribution in [2.75, 3.05) is 23.9 Å². The fourth-order valence-corrected chi connectivity index (χ4v) is 4.29. The van der Waals surface area contributed by atoms with Crippen molar-refractivity contribution in [3.63, 3.8) is 0 Å². The SMILES string of the molecule is CCN(c1ccccc1)S(=O)(=O)N1CCCC(C(=O)O)C1. The highest BCUT2D eigenvalue weighted by atomic mass is 32.2. The molecular formula is C14H20N2O4S. The third kappa shape index (κ3) is 3.36. The van der Waals surface area contributed by atoms with Crippen LogP contribution in [0.2, 0.25) is 0 Å². The Bertz CT molecular complexity index is 588. The van der Waals surface area contributed by atoms with Gasteiger partial charge < -0.3 is 5.11 Å². The van der Waals surface area contributed by atoms with Gasteiger partial charge in [0.15, 0.2) is 0 Å². The van der Waals surface area contributed by atoms with Gasteiger partial charge in [-0.05, 0) is 31.9 Å². The predicted molar refractivity (Wildman–Crippen MR) is 80.3 cm³/mol. The number of piperidine rings is 1. The van der Waals surface area contributed by atoms with Gasteiger partial charge in [0.05, 0.1) is 11.6 Å². The lowest BCUT2D eigenvalue weighted by Gasteiger charge is -2.34. The van der Waals surface area contributed by atoms with Crippen LogP contribution in [0.5, 0.6) is 0 Å². The van der Waals surface area contributed by atoms with E-state index in [1.54, 1.807) is 31.2 Å². The number of hydrogen-bond acceptors (Lipinski definition) is 3. The Morgan fingerprint density at radius 1 is 1.38 bits per heavy atom. The maximum Gasteiger partial charge on any atom is 0.307 e. The van der Waals surface area contributed by atoms with Crippen LogP contribution in [-0.4, -0.2) is 43.4 Å². The Hall–Kier alpha value is -1.60. The van der Waals surface area contributed by atoms with Gasteiger partial charge in [-0.3, -0.25) is 9.10 Å². The van der Waals surface area contributed by atoms with Crippen LogP contribution in [0.15, 0.2) is 30.3 Å². The number of carboxylic acid groups (broad SMARTS) is 1. The van der Waals surface area contributed by atoms with Crippen molar-refractivity contribution in [1.29, 1.82) is 0 Å². The summed E-state index contributed by atoms with van der Waals surface area (Å²) in [5, 5.41) is 9.10. The molecule has 1 aliphatic rings. The van der Waals surface area contributed by atoms with Crippen LogP contribution < -0.4 is 4.31 Å².